The number of alkyl halides is 1. The van der Waals surface area contributed by atoms with Gasteiger partial charge in [0.05, 0.1) is 12.0 Å². The number of benzene rings is 1. The van der Waals surface area contributed by atoms with E-state index in [1.807, 2.05) is 44.2 Å². The number of ether oxygens (including phenoxy) is 1. The fraction of sp³-hybridized carbons (Fsp3) is 0.500. The summed E-state index contributed by atoms with van der Waals surface area (Å²) < 4.78 is 26.3. The molecule has 0 amide bonds. The first kappa shape index (κ1) is 22.7. The van der Waals surface area contributed by atoms with E-state index in [4.69, 9.17) is 9.15 Å². The molecule has 1 aliphatic heterocycles. The number of hydrogen-bond donors (Lipinski definition) is 0. The predicted molar refractivity (Wildman–Crippen MR) is 126 cm³/mol. The van der Waals surface area contributed by atoms with E-state index in [1.165, 1.54) is 6.07 Å². The van der Waals surface area contributed by atoms with Crippen LogP contribution in [-0.2, 0) is 0 Å². The Morgan fingerprint density at radius 3 is 2.59 bits per heavy atom. The van der Waals surface area contributed by atoms with Crippen LogP contribution >= 0.6 is 0 Å². The largest absolute Gasteiger partial charge is 0.493 e. The average Bonchev–Trinajstić information content (AvgIpc) is 2.74. The van der Waals surface area contributed by atoms with E-state index in [9.17, 15) is 9.18 Å². The van der Waals surface area contributed by atoms with Gasteiger partial charge in [-0.05, 0) is 62.6 Å². The van der Waals surface area contributed by atoms with Gasteiger partial charge in [0.15, 0.2) is 0 Å². The lowest BCUT2D eigenvalue weighted by molar-refractivity contribution is 0.0800. The van der Waals surface area contributed by atoms with Gasteiger partial charge in [-0.3, -0.25) is 4.90 Å². The van der Waals surface area contributed by atoms with Crippen molar-refractivity contribution in [1.29, 1.82) is 0 Å². The maximum absolute atomic E-state index is 14.8. The van der Waals surface area contributed by atoms with Gasteiger partial charge in [0.1, 0.15) is 17.0 Å². The number of aryl methyl sites for hydroxylation is 2. The minimum atomic E-state index is -1.21. The molecule has 1 saturated heterocycles. The molecule has 2 aromatic rings. The first-order valence-corrected chi connectivity index (χ1v) is 11.6. The Balaban J connectivity index is 1.20. The van der Waals surface area contributed by atoms with Gasteiger partial charge in [-0.1, -0.05) is 18.2 Å². The van der Waals surface area contributed by atoms with Crippen molar-refractivity contribution in [1.82, 2.24) is 9.80 Å². The molecule has 5 nitrogen and oxygen atoms in total. The second-order valence-electron chi connectivity index (χ2n) is 9.08. The molecule has 0 spiro atoms. The first-order valence-electron chi connectivity index (χ1n) is 11.6. The predicted octanol–water partition coefficient (Wildman–Crippen LogP) is 4.41. The number of unbranched alkanes of at least 4 members (excludes halogenated alkanes) is 1. The van der Waals surface area contributed by atoms with Gasteiger partial charge >= 0.3 is 5.63 Å². The fourth-order valence-corrected chi connectivity index (χ4v) is 4.61. The third-order valence-corrected chi connectivity index (χ3v) is 6.33. The minimum Gasteiger partial charge on any atom is -0.493 e. The zero-order chi connectivity index (χ0) is 22.6. The van der Waals surface area contributed by atoms with Crippen LogP contribution in [0.5, 0.6) is 5.75 Å². The highest BCUT2D eigenvalue weighted by Gasteiger charge is 2.30. The molecule has 32 heavy (non-hydrogen) atoms. The number of allylic oxidation sites excluding steroid dienone is 3. The molecule has 0 N–H and O–H groups in total. The van der Waals surface area contributed by atoms with Crippen LogP contribution in [0.15, 0.2) is 51.7 Å². The van der Waals surface area contributed by atoms with Crippen molar-refractivity contribution >= 4 is 11.0 Å². The fourth-order valence-electron chi connectivity index (χ4n) is 4.61. The number of nitrogens with zero attached hydrogens (tertiary/aromatic N) is 2. The molecule has 0 saturated carbocycles. The van der Waals surface area contributed by atoms with E-state index in [1.54, 1.807) is 6.08 Å². The molecule has 0 radical (unpaired) electrons. The summed E-state index contributed by atoms with van der Waals surface area (Å²) in [6, 6.07) is 5.39. The zero-order valence-electron chi connectivity index (χ0n) is 19.1. The van der Waals surface area contributed by atoms with Crippen molar-refractivity contribution in [2.45, 2.75) is 38.8 Å². The second-order valence-corrected chi connectivity index (χ2v) is 9.08. The quantitative estimate of drug-likeness (QED) is 0.449. The maximum atomic E-state index is 14.8. The highest BCUT2D eigenvalue weighted by atomic mass is 19.1. The lowest BCUT2D eigenvalue weighted by Gasteiger charge is -2.37. The molecule has 1 unspecified atom stereocenters. The summed E-state index contributed by atoms with van der Waals surface area (Å²) in [5, 5.41) is 0.875. The standard InChI is InChI=1S/C26H33FN2O3/c1-20-16-22(25-21(2)18-24(30)32-23(25)17-20)31-15-7-6-10-28-11-13-29(14-12-28)19-26(27)8-4-3-5-9-26/h3-5,8,16-18H,6-7,9-15,19H2,1-2H3. The van der Waals surface area contributed by atoms with Gasteiger partial charge in [0.25, 0.3) is 0 Å². The monoisotopic (exact) mass is 440 g/mol. The number of fused-ring (bicyclic) bond motifs is 1. The smallest absolute Gasteiger partial charge is 0.336 e. The number of halogens is 1. The van der Waals surface area contributed by atoms with Crippen LogP contribution in [0.1, 0.15) is 30.4 Å². The van der Waals surface area contributed by atoms with Crippen molar-refractivity contribution in [3.63, 3.8) is 0 Å². The maximum Gasteiger partial charge on any atom is 0.336 e. The van der Waals surface area contributed by atoms with E-state index < -0.39 is 5.67 Å². The van der Waals surface area contributed by atoms with Gasteiger partial charge in [-0.25, -0.2) is 9.18 Å². The minimum absolute atomic E-state index is 0.333. The van der Waals surface area contributed by atoms with Gasteiger partial charge in [0, 0.05) is 45.2 Å². The van der Waals surface area contributed by atoms with E-state index in [0.29, 0.717) is 25.2 Å². The zero-order valence-corrected chi connectivity index (χ0v) is 19.1. The van der Waals surface area contributed by atoms with Crippen LogP contribution in [0, 0.1) is 13.8 Å². The lowest BCUT2D eigenvalue weighted by atomic mass is 9.96. The molecule has 1 aromatic carbocycles. The summed E-state index contributed by atoms with van der Waals surface area (Å²) in [6.45, 7) is 9.82. The Morgan fingerprint density at radius 1 is 1.06 bits per heavy atom. The Morgan fingerprint density at radius 2 is 1.84 bits per heavy atom. The van der Waals surface area contributed by atoms with Crippen LogP contribution < -0.4 is 10.4 Å². The van der Waals surface area contributed by atoms with E-state index in [2.05, 4.69) is 9.80 Å². The molecule has 1 atom stereocenters. The highest BCUT2D eigenvalue weighted by molar-refractivity contribution is 5.87. The number of rotatable bonds is 8. The van der Waals surface area contributed by atoms with E-state index in [0.717, 1.165) is 67.8 Å². The average molecular weight is 441 g/mol. The molecule has 1 aliphatic carbocycles. The van der Waals surface area contributed by atoms with Crippen molar-refractivity contribution in [3.05, 3.63) is 64.1 Å². The summed E-state index contributed by atoms with van der Waals surface area (Å²) in [4.78, 5) is 16.4. The van der Waals surface area contributed by atoms with Crippen molar-refractivity contribution < 1.29 is 13.5 Å². The molecule has 6 heteroatoms. The van der Waals surface area contributed by atoms with Crippen molar-refractivity contribution in [3.8, 4) is 5.75 Å². The van der Waals surface area contributed by atoms with Crippen LogP contribution in [0.2, 0.25) is 0 Å². The van der Waals surface area contributed by atoms with Crippen LogP contribution in [0.25, 0.3) is 11.0 Å². The Hall–Kier alpha value is -2.44. The van der Waals surface area contributed by atoms with Crippen LogP contribution in [-0.4, -0.2) is 61.3 Å². The van der Waals surface area contributed by atoms with Gasteiger partial charge in [-0.15, -0.1) is 0 Å². The Labute approximate surface area is 189 Å². The molecule has 4 rings (SSSR count). The van der Waals surface area contributed by atoms with Gasteiger partial charge < -0.3 is 14.1 Å². The molecule has 1 aromatic heterocycles. The second kappa shape index (κ2) is 10.0. The molecule has 2 aliphatic rings. The summed E-state index contributed by atoms with van der Waals surface area (Å²) in [7, 11) is 0. The third kappa shape index (κ3) is 5.67. The third-order valence-electron chi connectivity index (χ3n) is 6.33. The SMILES string of the molecule is Cc1cc(OCCCCN2CCN(CC3(F)C=CC=CC3)CC2)c2c(C)cc(=O)oc2c1. The topological polar surface area (TPSA) is 45.9 Å². The first-order chi connectivity index (χ1) is 15.4. The summed E-state index contributed by atoms with van der Waals surface area (Å²) in [5.74, 6) is 0.779. The summed E-state index contributed by atoms with van der Waals surface area (Å²) in [6.07, 6.45) is 9.83. The molecular weight excluding hydrogens is 407 g/mol. The summed E-state index contributed by atoms with van der Waals surface area (Å²) in [5.41, 5.74) is 0.917. The van der Waals surface area contributed by atoms with E-state index >= 15 is 0 Å². The molecule has 1 fully saturated rings. The van der Waals surface area contributed by atoms with Crippen molar-refractivity contribution in [2.75, 3.05) is 45.9 Å². The Bertz CT molecular complexity index is 1050. The van der Waals surface area contributed by atoms with Crippen LogP contribution in [0.4, 0.5) is 4.39 Å². The van der Waals surface area contributed by atoms with Crippen molar-refractivity contribution in [2.24, 2.45) is 0 Å². The van der Waals surface area contributed by atoms with Gasteiger partial charge in [0.2, 0.25) is 0 Å². The highest BCUT2D eigenvalue weighted by Crippen LogP contribution is 2.29. The summed E-state index contributed by atoms with van der Waals surface area (Å²) >= 11 is 0. The number of piperazine rings is 1. The molecular formula is C26H33FN2O3. The van der Waals surface area contributed by atoms with Gasteiger partial charge in [-0.2, -0.15) is 0 Å². The van der Waals surface area contributed by atoms with Crippen LogP contribution in [0.3, 0.4) is 0 Å². The normalized spacial score (nSPS) is 22.0. The Kier molecular flexibility index (Phi) is 7.11. The number of hydrogen-bond acceptors (Lipinski definition) is 5. The molecule has 0 bridgehead atoms. The molecule has 2 heterocycles. The lowest BCUT2D eigenvalue weighted by Crippen LogP contribution is -2.50. The molecule has 172 valence electrons. The van der Waals surface area contributed by atoms with E-state index in [-0.39, 0.29) is 5.63 Å².